The van der Waals surface area contributed by atoms with Crippen LogP contribution in [0, 0.1) is 18.6 Å². The maximum absolute atomic E-state index is 15.2. The Hall–Kier alpha value is -3.24. The van der Waals surface area contributed by atoms with Crippen LogP contribution in [-0.4, -0.2) is 54.2 Å². The van der Waals surface area contributed by atoms with Crippen LogP contribution in [0.5, 0.6) is 0 Å². The van der Waals surface area contributed by atoms with Crippen LogP contribution in [0.15, 0.2) is 42.5 Å². The van der Waals surface area contributed by atoms with Crippen molar-refractivity contribution in [1.29, 1.82) is 0 Å². The minimum atomic E-state index is -0.696. The number of amides is 2. The number of carbonyl (C=O) groups excluding carboxylic acids is 2. The highest BCUT2D eigenvalue weighted by atomic mass is 32.2. The molecular formula is C29H34F2N4O3S. The van der Waals surface area contributed by atoms with Crippen molar-refractivity contribution in [3.8, 4) is 5.69 Å². The lowest BCUT2D eigenvalue weighted by Crippen LogP contribution is -2.42. The Balaban J connectivity index is 1.94. The molecule has 7 nitrogen and oxygen atoms in total. The number of benzene rings is 2. The normalized spacial score (nSPS) is 15.7. The molecule has 4 rings (SSSR count). The summed E-state index contributed by atoms with van der Waals surface area (Å²) in [6, 6.07) is 11.1. The van der Waals surface area contributed by atoms with Gasteiger partial charge in [0.2, 0.25) is 11.8 Å². The Morgan fingerprint density at radius 2 is 1.95 bits per heavy atom. The number of anilines is 1. The van der Waals surface area contributed by atoms with Crippen LogP contribution in [0.3, 0.4) is 0 Å². The molecule has 3 aromatic rings. The van der Waals surface area contributed by atoms with Crippen LogP contribution in [0.25, 0.3) is 5.69 Å². The van der Waals surface area contributed by atoms with E-state index in [0.717, 1.165) is 17.3 Å². The smallest absolute Gasteiger partial charge is 0.240 e. The van der Waals surface area contributed by atoms with E-state index in [1.807, 2.05) is 52.0 Å². The number of carbonyl (C=O) groups is 2. The number of thioether (sulfide) groups is 1. The van der Waals surface area contributed by atoms with Gasteiger partial charge in [0, 0.05) is 42.9 Å². The molecule has 0 saturated heterocycles. The van der Waals surface area contributed by atoms with Crippen LogP contribution in [0.2, 0.25) is 0 Å². The van der Waals surface area contributed by atoms with E-state index in [1.54, 1.807) is 11.8 Å². The average molecular weight is 557 g/mol. The number of para-hydroxylation sites is 1. The van der Waals surface area contributed by atoms with Gasteiger partial charge in [-0.2, -0.15) is 5.10 Å². The number of aryl methyl sites for hydroxylation is 1. The topological polar surface area (TPSA) is 76.5 Å². The van der Waals surface area contributed by atoms with Crippen molar-refractivity contribution in [3.05, 3.63) is 76.5 Å². The molecule has 39 heavy (non-hydrogen) atoms. The van der Waals surface area contributed by atoms with Crippen molar-refractivity contribution >= 4 is 29.4 Å². The highest BCUT2D eigenvalue weighted by Gasteiger charge is 2.40. The number of nitrogens with one attached hydrogen (secondary N) is 1. The van der Waals surface area contributed by atoms with Gasteiger partial charge in [-0.25, -0.2) is 13.5 Å². The fourth-order valence-corrected chi connectivity index (χ4v) is 5.87. The Bertz CT molecular complexity index is 1370. The molecule has 0 fully saturated rings. The van der Waals surface area contributed by atoms with Gasteiger partial charge < -0.3 is 10.1 Å². The van der Waals surface area contributed by atoms with E-state index in [2.05, 4.69) is 5.32 Å². The highest BCUT2D eigenvalue weighted by Crippen LogP contribution is 2.49. The summed E-state index contributed by atoms with van der Waals surface area (Å²) in [4.78, 5) is 28.1. The molecule has 0 radical (unpaired) electrons. The second-order valence-electron chi connectivity index (χ2n) is 10.6. The van der Waals surface area contributed by atoms with Gasteiger partial charge in [0.25, 0.3) is 0 Å². The standard InChI is InChI=1S/C29H34F2N4O3S/c1-18-9-6-7-10-22(18)35-28-25(27(33-35)29(2,3)4)26(20-12-11-19(30)15-21(20)31)39-17-24(37)34(28)16-23(36)32-13-8-14-38-5/h6-7,9-12,15,26H,8,13-14,16-17H2,1-5H3,(H,32,36)/t26-/m0/s1. The number of halogens is 2. The summed E-state index contributed by atoms with van der Waals surface area (Å²) in [6.07, 6.45) is 0.637. The molecule has 1 aliphatic rings. The number of hydrogen-bond donors (Lipinski definition) is 1. The molecule has 2 aromatic carbocycles. The lowest BCUT2D eigenvalue weighted by atomic mass is 9.87. The predicted octanol–water partition coefficient (Wildman–Crippen LogP) is 5.08. The van der Waals surface area contributed by atoms with Gasteiger partial charge >= 0.3 is 0 Å². The van der Waals surface area contributed by atoms with E-state index in [1.165, 1.54) is 28.8 Å². The molecule has 0 saturated carbocycles. The largest absolute Gasteiger partial charge is 0.385 e. The zero-order valence-corrected chi connectivity index (χ0v) is 23.7. The van der Waals surface area contributed by atoms with Crippen LogP contribution in [0.1, 0.15) is 54.8 Å². The molecular weight excluding hydrogens is 522 g/mol. The van der Waals surface area contributed by atoms with Gasteiger partial charge in [-0.3, -0.25) is 14.5 Å². The Morgan fingerprint density at radius 1 is 1.21 bits per heavy atom. The first-order valence-corrected chi connectivity index (χ1v) is 13.9. The van der Waals surface area contributed by atoms with E-state index >= 15 is 4.39 Å². The molecule has 0 aliphatic carbocycles. The Labute approximate surface area is 231 Å². The van der Waals surface area contributed by atoms with Crippen LogP contribution >= 0.6 is 11.8 Å². The molecule has 2 heterocycles. The summed E-state index contributed by atoms with van der Waals surface area (Å²) in [7, 11) is 1.59. The van der Waals surface area contributed by atoms with E-state index in [-0.39, 0.29) is 29.7 Å². The number of ether oxygens (including phenoxy) is 1. The Morgan fingerprint density at radius 3 is 2.62 bits per heavy atom. The second kappa shape index (κ2) is 11.9. The Kier molecular flexibility index (Phi) is 8.76. The van der Waals surface area contributed by atoms with Gasteiger partial charge in [0.15, 0.2) is 0 Å². The van der Waals surface area contributed by atoms with Gasteiger partial charge in [0.05, 0.1) is 22.4 Å². The maximum Gasteiger partial charge on any atom is 0.240 e. The summed E-state index contributed by atoms with van der Waals surface area (Å²) in [5, 5.41) is 7.21. The minimum absolute atomic E-state index is 0.00444. The summed E-state index contributed by atoms with van der Waals surface area (Å²) in [5.41, 5.74) is 2.74. The third-order valence-electron chi connectivity index (χ3n) is 6.54. The van der Waals surface area contributed by atoms with Crippen LogP contribution < -0.4 is 10.2 Å². The molecule has 2 amide bonds. The summed E-state index contributed by atoms with van der Waals surface area (Å²) in [6.45, 7) is 8.63. The molecule has 10 heteroatoms. The van der Waals surface area contributed by atoms with Crippen molar-refractivity contribution in [2.24, 2.45) is 0 Å². The van der Waals surface area contributed by atoms with Gasteiger partial charge in [-0.05, 0) is 31.0 Å². The molecule has 0 unspecified atom stereocenters. The van der Waals surface area contributed by atoms with Crippen LogP contribution in [0.4, 0.5) is 14.6 Å². The minimum Gasteiger partial charge on any atom is -0.385 e. The number of fused-ring (bicyclic) bond motifs is 1. The third kappa shape index (κ3) is 6.17. The second-order valence-corrected chi connectivity index (χ2v) is 11.7. The number of nitrogens with zero attached hydrogens (tertiary/aromatic N) is 3. The summed E-state index contributed by atoms with van der Waals surface area (Å²) >= 11 is 1.25. The maximum atomic E-state index is 15.2. The first-order chi connectivity index (χ1) is 18.5. The van der Waals surface area contributed by atoms with Crippen molar-refractivity contribution in [3.63, 3.8) is 0 Å². The molecule has 1 atom stereocenters. The molecule has 0 bridgehead atoms. The van der Waals surface area contributed by atoms with Gasteiger partial charge in [-0.15, -0.1) is 11.8 Å². The fraction of sp³-hybridized carbons (Fsp3) is 0.414. The number of aromatic nitrogens is 2. The van der Waals surface area contributed by atoms with E-state index in [0.29, 0.717) is 36.6 Å². The number of rotatable bonds is 8. The van der Waals surface area contributed by atoms with Crippen molar-refractivity contribution < 1.29 is 23.1 Å². The average Bonchev–Trinajstić information content (AvgIpc) is 3.21. The quantitative estimate of drug-likeness (QED) is 0.392. The van der Waals surface area contributed by atoms with Crippen LogP contribution in [-0.2, 0) is 19.7 Å². The first kappa shape index (κ1) is 28.8. The summed E-state index contributed by atoms with van der Waals surface area (Å²) in [5.74, 6) is -1.57. The molecule has 1 aliphatic heterocycles. The molecule has 0 spiro atoms. The summed E-state index contributed by atoms with van der Waals surface area (Å²) < 4.78 is 35.9. The van der Waals surface area contributed by atoms with Crippen molar-refractivity contribution in [2.45, 2.75) is 44.8 Å². The van der Waals surface area contributed by atoms with E-state index < -0.39 is 22.3 Å². The first-order valence-electron chi connectivity index (χ1n) is 12.8. The number of methoxy groups -OCH3 is 1. The lowest BCUT2D eigenvalue weighted by molar-refractivity contribution is -0.122. The molecule has 1 aromatic heterocycles. The lowest BCUT2D eigenvalue weighted by Gasteiger charge is -2.25. The van der Waals surface area contributed by atoms with E-state index in [4.69, 9.17) is 9.84 Å². The predicted molar refractivity (Wildman–Crippen MR) is 150 cm³/mol. The zero-order valence-electron chi connectivity index (χ0n) is 22.9. The SMILES string of the molecule is COCCCNC(=O)CN1C(=O)CS[C@@H](c2ccc(F)cc2F)c2c(C(C)(C)C)nn(-c3ccccc3C)c21. The third-order valence-corrected chi connectivity index (χ3v) is 7.77. The number of hydrogen-bond acceptors (Lipinski definition) is 5. The highest BCUT2D eigenvalue weighted by molar-refractivity contribution is 8.00. The fourth-order valence-electron chi connectivity index (χ4n) is 4.65. The molecule has 1 N–H and O–H groups in total. The van der Waals surface area contributed by atoms with Crippen molar-refractivity contribution in [1.82, 2.24) is 15.1 Å². The van der Waals surface area contributed by atoms with Crippen molar-refractivity contribution in [2.75, 3.05) is 37.5 Å². The zero-order chi connectivity index (χ0) is 28.3. The van der Waals surface area contributed by atoms with Gasteiger partial charge in [-0.1, -0.05) is 45.0 Å². The van der Waals surface area contributed by atoms with Gasteiger partial charge in [0.1, 0.15) is 24.0 Å². The monoisotopic (exact) mass is 556 g/mol. The van der Waals surface area contributed by atoms with E-state index in [9.17, 15) is 14.0 Å². The molecule has 208 valence electrons.